The van der Waals surface area contributed by atoms with Crippen molar-refractivity contribution in [3.8, 4) is 12.8 Å². The number of urea groups is 1. The molecule has 0 aliphatic heterocycles. The van der Waals surface area contributed by atoms with Crippen LogP contribution in [0.2, 0.25) is 0 Å². The Hall–Kier alpha value is -3.61. The van der Waals surface area contributed by atoms with E-state index in [2.05, 4.69) is 30.1 Å². The van der Waals surface area contributed by atoms with E-state index in [9.17, 15) is 22.8 Å². The Morgan fingerprint density at radius 2 is 1.57 bits per heavy atom. The molecule has 47 heavy (non-hydrogen) atoms. The summed E-state index contributed by atoms with van der Waals surface area (Å²) in [5.41, 5.74) is 3.07. The maximum atomic E-state index is 12.3. The summed E-state index contributed by atoms with van der Waals surface area (Å²) in [6.45, 7) is 15.8. The topological polar surface area (TPSA) is 76.7 Å². The zero-order valence-corrected chi connectivity index (χ0v) is 30.1. The molecule has 0 heterocycles. The van der Waals surface area contributed by atoms with Crippen molar-refractivity contribution in [2.24, 2.45) is 0 Å². The second-order valence-electron chi connectivity index (χ2n) is 9.48. The average Bonchev–Trinajstić information content (AvgIpc) is 3.03. The van der Waals surface area contributed by atoms with Crippen LogP contribution in [-0.2, 0) is 14.3 Å². The quantitative estimate of drug-likeness (QED) is 0.0395. The number of allylic oxidation sites excluding steroid dienone is 12. The minimum atomic E-state index is -4.20. The van der Waals surface area contributed by atoms with E-state index in [1.807, 2.05) is 32.9 Å². The minimum absolute atomic E-state index is 0.0986. The van der Waals surface area contributed by atoms with Crippen LogP contribution < -0.4 is 10.6 Å². The van der Waals surface area contributed by atoms with Crippen LogP contribution in [0, 0.1) is 12.8 Å². The van der Waals surface area contributed by atoms with E-state index in [1.54, 1.807) is 64.3 Å². The molecule has 0 aromatic rings. The van der Waals surface area contributed by atoms with Crippen LogP contribution in [-0.4, -0.2) is 50.4 Å². The van der Waals surface area contributed by atoms with Crippen LogP contribution in [0.1, 0.15) is 67.2 Å². The van der Waals surface area contributed by atoms with Gasteiger partial charge in [-0.15, -0.1) is 24.4 Å². The molecule has 1 unspecified atom stereocenters. The second-order valence-corrected chi connectivity index (χ2v) is 10.6. The zero-order chi connectivity index (χ0) is 36.8. The normalized spacial score (nSPS) is 13.8. The van der Waals surface area contributed by atoms with Crippen LogP contribution in [0.3, 0.4) is 0 Å². The molecule has 11 heteroatoms. The lowest BCUT2D eigenvalue weighted by molar-refractivity contribution is -0.142. The predicted molar refractivity (Wildman–Crippen MR) is 191 cm³/mol. The van der Waals surface area contributed by atoms with E-state index in [4.69, 9.17) is 32.7 Å². The van der Waals surface area contributed by atoms with E-state index in [-0.39, 0.29) is 23.8 Å². The number of hydrogen-bond donors (Lipinski definition) is 2. The first-order chi connectivity index (χ1) is 22.2. The molecule has 0 saturated carbocycles. The van der Waals surface area contributed by atoms with E-state index in [1.165, 1.54) is 6.08 Å². The van der Waals surface area contributed by atoms with Crippen LogP contribution in [0.5, 0.6) is 0 Å². The molecule has 2 N–H and O–H groups in total. The molecule has 0 aliphatic carbocycles. The number of halogens is 5. The summed E-state index contributed by atoms with van der Waals surface area (Å²) in [5.74, 6) is 0.428. The van der Waals surface area contributed by atoms with Gasteiger partial charge in [0.1, 0.15) is 0 Å². The molecule has 0 aromatic heterocycles. The van der Waals surface area contributed by atoms with Crippen LogP contribution in [0.15, 0.2) is 94.3 Å². The molecule has 0 saturated heterocycles. The molecular formula is C36H51Cl2F3N2O4. The molecule has 1 atom stereocenters. The van der Waals surface area contributed by atoms with Gasteiger partial charge in [-0.25, -0.2) is 4.79 Å². The number of ether oxygens (including phenoxy) is 2. The van der Waals surface area contributed by atoms with Gasteiger partial charge in [-0.2, -0.15) is 13.2 Å². The molecule has 6 nitrogen and oxygen atoms in total. The van der Waals surface area contributed by atoms with Gasteiger partial charge in [0.15, 0.2) is 0 Å². The Kier molecular flexibility index (Phi) is 30.3. The van der Waals surface area contributed by atoms with Crippen molar-refractivity contribution in [1.29, 1.82) is 0 Å². The second kappa shape index (κ2) is 29.8. The van der Waals surface area contributed by atoms with Gasteiger partial charge < -0.3 is 20.1 Å². The highest BCUT2D eigenvalue weighted by atomic mass is 35.5. The van der Waals surface area contributed by atoms with Crippen molar-refractivity contribution in [2.45, 2.75) is 78.8 Å². The largest absolute Gasteiger partial charge is 0.501 e. The Balaban J connectivity index is -0.000000870. The standard InChI is InChI=1S/C22H31F3O3.C12H18Cl2N2O.C2H2/c1-6-18(15-17(4)13-14-22(23,24)25)9-10-19(16-21(26)28-8-3)11-12-20(7-2)27-5;1-4-10(6-7-11(14)9(3)13)8-16-12(17)15-5-2;1-2/h6,9-13H,7-8,14-16H2,1-5H3;4,6-7,9H,1,5,8H2,2-3H3,(H2,15,16,17);1-2H/b10-9+,17-13-,18-6-,19-11+,20-12+;10-6+,11-7+;. The van der Waals surface area contributed by atoms with E-state index >= 15 is 0 Å². The molecule has 0 radical (unpaired) electrons. The number of alkyl halides is 4. The summed E-state index contributed by atoms with van der Waals surface area (Å²) in [4.78, 5) is 23.0. The van der Waals surface area contributed by atoms with Gasteiger partial charge in [0, 0.05) is 24.5 Å². The van der Waals surface area contributed by atoms with Gasteiger partial charge in [-0.1, -0.05) is 73.2 Å². The maximum Gasteiger partial charge on any atom is 0.392 e. The van der Waals surface area contributed by atoms with Crippen LogP contribution in [0.4, 0.5) is 18.0 Å². The zero-order valence-electron chi connectivity index (χ0n) is 28.6. The third kappa shape index (κ3) is 29.5. The Morgan fingerprint density at radius 1 is 0.979 bits per heavy atom. The van der Waals surface area contributed by atoms with E-state index in [0.717, 1.165) is 22.5 Å². The summed E-state index contributed by atoms with van der Waals surface area (Å²) in [6.07, 6.45) is 19.4. The van der Waals surface area contributed by atoms with Gasteiger partial charge in [0.2, 0.25) is 0 Å². The summed E-state index contributed by atoms with van der Waals surface area (Å²) in [7, 11) is 1.58. The van der Waals surface area contributed by atoms with Crippen molar-refractivity contribution in [3.05, 3.63) is 94.3 Å². The number of methoxy groups -OCH3 is 1. The highest BCUT2D eigenvalue weighted by Gasteiger charge is 2.24. The third-order valence-electron chi connectivity index (χ3n) is 5.68. The van der Waals surface area contributed by atoms with Crippen molar-refractivity contribution in [2.75, 3.05) is 26.8 Å². The molecule has 0 aromatic carbocycles. The summed E-state index contributed by atoms with van der Waals surface area (Å²) >= 11 is 11.7. The third-order valence-corrected chi connectivity index (χ3v) is 6.48. The summed E-state index contributed by atoms with van der Waals surface area (Å²) in [5, 5.41) is 5.65. The lowest BCUT2D eigenvalue weighted by Crippen LogP contribution is -2.36. The number of nitrogens with one attached hydrogen (secondary N) is 2. The molecule has 0 fully saturated rings. The van der Waals surface area contributed by atoms with Gasteiger partial charge in [0.05, 0.1) is 37.7 Å². The minimum Gasteiger partial charge on any atom is -0.501 e. The number of hydrogen-bond acceptors (Lipinski definition) is 4. The lowest BCUT2D eigenvalue weighted by atomic mass is 10.0. The van der Waals surface area contributed by atoms with E-state index in [0.29, 0.717) is 43.1 Å². The number of carbonyl (C=O) groups excluding carboxylic acids is 2. The first-order valence-corrected chi connectivity index (χ1v) is 15.8. The highest BCUT2D eigenvalue weighted by Crippen LogP contribution is 2.23. The number of rotatable bonds is 17. The molecule has 0 spiro atoms. The van der Waals surface area contributed by atoms with Crippen molar-refractivity contribution in [1.82, 2.24) is 10.6 Å². The van der Waals surface area contributed by atoms with Gasteiger partial charge in [-0.05, 0) is 69.9 Å². The highest BCUT2D eigenvalue weighted by molar-refractivity contribution is 6.37. The monoisotopic (exact) mass is 702 g/mol. The molecule has 264 valence electrons. The number of carbonyl (C=O) groups is 2. The molecule has 2 amide bonds. The SMILES string of the molecule is C#C.C/C=C(/C=C/C(=C\C=C(/CC)OC)CC(=O)OCC)C/C(C)=C\CC(F)(F)F.C=C/C(=C\C=C(\Cl)C(C)Cl)CNC(=O)NCC. The molecule has 0 aliphatic rings. The number of amides is 2. The van der Waals surface area contributed by atoms with Gasteiger partial charge >= 0.3 is 18.2 Å². The van der Waals surface area contributed by atoms with E-state index < -0.39 is 12.6 Å². The summed E-state index contributed by atoms with van der Waals surface area (Å²) < 4.78 is 47.2. The fraction of sp³-hybridized carbons (Fsp3) is 0.444. The Morgan fingerprint density at radius 3 is 2.04 bits per heavy atom. The smallest absolute Gasteiger partial charge is 0.392 e. The Labute approximate surface area is 290 Å². The molecule has 0 rings (SSSR count). The first-order valence-electron chi connectivity index (χ1n) is 15.0. The Bertz CT molecular complexity index is 1170. The molecular weight excluding hydrogens is 652 g/mol. The van der Waals surface area contributed by atoms with Crippen LogP contribution in [0.25, 0.3) is 0 Å². The number of terminal acetylenes is 1. The summed E-state index contributed by atoms with van der Waals surface area (Å²) in [6, 6.07) is -0.207. The first kappa shape index (κ1) is 47.8. The van der Waals surface area contributed by atoms with Crippen LogP contribution >= 0.6 is 23.2 Å². The van der Waals surface area contributed by atoms with Crippen molar-refractivity contribution >= 4 is 35.2 Å². The maximum absolute atomic E-state index is 12.3. The average molecular weight is 704 g/mol. The molecule has 0 bridgehead atoms. The van der Waals surface area contributed by atoms with Crippen molar-refractivity contribution < 1.29 is 32.2 Å². The fourth-order valence-corrected chi connectivity index (χ4v) is 3.30. The lowest BCUT2D eigenvalue weighted by Gasteiger charge is -2.07. The van der Waals surface area contributed by atoms with Gasteiger partial charge in [0.25, 0.3) is 0 Å². The fourth-order valence-electron chi connectivity index (χ4n) is 3.16. The van der Waals surface area contributed by atoms with Crippen molar-refractivity contribution in [3.63, 3.8) is 0 Å². The number of esters is 1. The predicted octanol–water partition coefficient (Wildman–Crippen LogP) is 10.0. The van der Waals surface area contributed by atoms with Gasteiger partial charge in [-0.3, -0.25) is 4.79 Å².